The molecule has 0 aromatic rings. The average Bonchev–Trinajstić information content (AvgIpc) is 2.61. The van der Waals surface area contributed by atoms with Crippen LogP contribution in [0.25, 0.3) is 0 Å². The Kier molecular flexibility index (Phi) is 4.90. The molecule has 1 aliphatic heterocycles. The molecule has 0 radical (unpaired) electrons. The minimum absolute atomic E-state index is 0.106. The van der Waals surface area contributed by atoms with Gasteiger partial charge in [-0.05, 0) is 0 Å². The highest BCUT2D eigenvalue weighted by atomic mass is 32.2. The van der Waals surface area contributed by atoms with E-state index in [1.807, 2.05) is 6.92 Å². The normalized spacial score (nSPS) is 17.7. The van der Waals surface area contributed by atoms with Crippen LogP contribution in [0.15, 0.2) is 0 Å². The van der Waals surface area contributed by atoms with Crippen molar-refractivity contribution < 1.29 is 19.4 Å². The summed E-state index contributed by atoms with van der Waals surface area (Å²) in [6.07, 6.45) is -0.237. The lowest BCUT2D eigenvalue weighted by atomic mass is 10.3. The largest absolute Gasteiger partial charge is 0.447 e. The zero-order valence-electron chi connectivity index (χ0n) is 8.64. The van der Waals surface area contributed by atoms with Crippen molar-refractivity contribution in [2.45, 2.75) is 18.6 Å². The topological polar surface area (TPSA) is 66.8 Å². The van der Waals surface area contributed by atoms with Crippen LogP contribution in [-0.4, -0.2) is 52.8 Å². The summed E-state index contributed by atoms with van der Waals surface area (Å²) in [5.41, 5.74) is 0. The van der Waals surface area contributed by atoms with Gasteiger partial charge in [-0.15, -0.1) is 0 Å². The Labute approximate surface area is 92.8 Å². The number of nitrogens with zero attached hydrogens (tertiary/aromatic N) is 1. The van der Waals surface area contributed by atoms with Crippen LogP contribution >= 0.6 is 11.8 Å². The van der Waals surface area contributed by atoms with Crippen LogP contribution in [-0.2, 0) is 9.53 Å². The van der Waals surface area contributed by atoms with Crippen LogP contribution in [0.2, 0.25) is 0 Å². The second-order valence-corrected chi connectivity index (χ2v) is 4.82. The molecular weight excluding hydrogens is 218 g/mol. The number of amides is 2. The summed E-state index contributed by atoms with van der Waals surface area (Å²) < 4.78 is 4.67. The number of carbonyl (C=O) groups is 2. The number of aliphatic hydroxyl groups excluding tert-OH is 1. The summed E-state index contributed by atoms with van der Waals surface area (Å²) in [5, 5.41) is 8.72. The lowest BCUT2D eigenvalue weighted by Crippen LogP contribution is -2.33. The molecule has 1 fully saturated rings. The van der Waals surface area contributed by atoms with E-state index in [-0.39, 0.29) is 17.8 Å². The fourth-order valence-electron chi connectivity index (χ4n) is 1.29. The van der Waals surface area contributed by atoms with Crippen molar-refractivity contribution in [3.05, 3.63) is 0 Å². The molecule has 0 spiro atoms. The number of ether oxygens (including phenoxy) is 1. The van der Waals surface area contributed by atoms with Gasteiger partial charge in [0.2, 0.25) is 5.91 Å². The Bertz CT molecular complexity index is 246. The number of rotatable bonds is 5. The van der Waals surface area contributed by atoms with Gasteiger partial charge in [0.25, 0.3) is 0 Å². The first-order valence-electron chi connectivity index (χ1n) is 4.84. The predicted octanol–water partition coefficient (Wildman–Crippen LogP) is 0.469. The molecule has 1 N–H and O–H groups in total. The minimum Gasteiger partial charge on any atom is -0.447 e. The average molecular weight is 233 g/mol. The molecule has 1 heterocycles. The number of imide groups is 1. The Morgan fingerprint density at radius 2 is 2.47 bits per heavy atom. The number of carbonyl (C=O) groups excluding carboxylic acids is 2. The van der Waals surface area contributed by atoms with Crippen molar-refractivity contribution in [2.24, 2.45) is 0 Å². The monoisotopic (exact) mass is 233 g/mol. The lowest BCUT2D eigenvalue weighted by molar-refractivity contribution is -0.127. The van der Waals surface area contributed by atoms with Crippen LogP contribution in [0.4, 0.5) is 4.79 Å². The summed E-state index contributed by atoms with van der Waals surface area (Å²) in [7, 11) is 0. The number of aliphatic hydroxyl groups is 1. The summed E-state index contributed by atoms with van der Waals surface area (Å²) >= 11 is 1.52. The van der Waals surface area contributed by atoms with Gasteiger partial charge in [0, 0.05) is 17.4 Å². The molecule has 15 heavy (non-hydrogen) atoms. The molecule has 86 valence electrons. The summed E-state index contributed by atoms with van der Waals surface area (Å²) in [6, 6.07) is 0. The van der Waals surface area contributed by atoms with E-state index in [0.717, 1.165) is 4.90 Å². The highest BCUT2D eigenvalue weighted by molar-refractivity contribution is 7.99. The maximum Gasteiger partial charge on any atom is 0.416 e. The Morgan fingerprint density at radius 1 is 1.73 bits per heavy atom. The van der Waals surface area contributed by atoms with Crippen molar-refractivity contribution >= 4 is 23.8 Å². The molecule has 0 bridgehead atoms. The smallest absolute Gasteiger partial charge is 0.416 e. The fraction of sp³-hybridized carbons (Fsp3) is 0.778. The summed E-state index contributed by atoms with van der Waals surface area (Å²) in [5.74, 6) is 0.411. The fourth-order valence-corrected chi connectivity index (χ4v) is 2.06. The maximum absolute atomic E-state index is 11.6. The van der Waals surface area contributed by atoms with Crippen molar-refractivity contribution in [3.63, 3.8) is 0 Å². The third-order valence-corrected chi connectivity index (χ3v) is 3.17. The van der Waals surface area contributed by atoms with Crippen LogP contribution in [0, 0.1) is 0 Å². The number of hydrogen-bond acceptors (Lipinski definition) is 5. The first-order chi connectivity index (χ1) is 7.15. The minimum atomic E-state index is -0.542. The number of hydrogen-bond donors (Lipinski definition) is 1. The van der Waals surface area contributed by atoms with Gasteiger partial charge >= 0.3 is 6.09 Å². The standard InChI is InChI=1S/C9H15NO4S/c1-7(15-5-3-11)6-8(12)10-2-4-14-9(10)13/h7,11H,2-6H2,1H3/t7-/m0/s1. The molecule has 2 amide bonds. The van der Waals surface area contributed by atoms with E-state index >= 15 is 0 Å². The van der Waals surface area contributed by atoms with E-state index in [4.69, 9.17) is 5.11 Å². The van der Waals surface area contributed by atoms with Crippen LogP contribution in [0.3, 0.4) is 0 Å². The van der Waals surface area contributed by atoms with Crippen LogP contribution < -0.4 is 0 Å². The molecule has 1 atom stereocenters. The molecule has 0 aromatic heterocycles. The third-order valence-electron chi connectivity index (χ3n) is 2.02. The highest BCUT2D eigenvalue weighted by Crippen LogP contribution is 2.16. The Hall–Kier alpha value is -0.750. The van der Waals surface area contributed by atoms with Crippen LogP contribution in [0.5, 0.6) is 0 Å². The lowest BCUT2D eigenvalue weighted by Gasteiger charge is -2.14. The molecule has 1 aliphatic rings. The van der Waals surface area contributed by atoms with Crippen molar-refractivity contribution in [3.8, 4) is 0 Å². The van der Waals surface area contributed by atoms with Gasteiger partial charge in [-0.2, -0.15) is 11.8 Å². The first-order valence-corrected chi connectivity index (χ1v) is 5.89. The highest BCUT2D eigenvalue weighted by Gasteiger charge is 2.28. The predicted molar refractivity (Wildman–Crippen MR) is 56.7 cm³/mol. The van der Waals surface area contributed by atoms with E-state index < -0.39 is 6.09 Å². The maximum atomic E-state index is 11.6. The molecule has 0 aliphatic carbocycles. The molecule has 0 saturated carbocycles. The number of cyclic esters (lactones) is 1. The second kappa shape index (κ2) is 5.97. The zero-order valence-corrected chi connectivity index (χ0v) is 9.46. The van der Waals surface area contributed by atoms with Crippen molar-refractivity contribution in [2.75, 3.05) is 25.5 Å². The van der Waals surface area contributed by atoms with E-state index in [2.05, 4.69) is 4.74 Å². The Balaban J connectivity index is 2.31. The van der Waals surface area contributed by atoms with Gasteiger partial charge in [0.05, 0.1) is 13.2 Å². The van der Waals surface area contributed by atoms with Gasteiger partial charge < -0.3 is 9.84 Å². The zero-order chi connectivity index (χ0) is 11.3. The molecule has 1 rings (SSSR count). The molecule has 0 unspecified atom stereocenters. The third kappa shape index (κ3) is 3.71. The van der Waals surface area contributed by atoms with E-state index in [9.17, 15) is 9.59 Å². The number of thioether (sulfide) groups is 1. The molecule has 0 aromatic carbocycles. The second-order valence-electron chi connectivity index (χ2n) is 3.27. The van der Waals surface area contributed by atoms with Crippen LogP contribution in [0.1, 0.15) is 13.3 Å². The van der Waals surface area contributed by atoms with E-state index in [0.29, 0.717) is 25.3 Å². The summed E-state index contributed by atoms with van der Waals surface area (Å²) in [6.45, 7) is 2.66. The van der Waals surface area contributed by atoms with Crippen molar-refractivity contribution in [1.29, 1.82) is 0 Å². The van der Waals surface area contributed by atoms with Gasteiger partial charge in [-0.25, -0.2) is 9.69 Å². The van der Waals surface area contributed by atoms with E-state index in [1.165, 1.54) is 11.8 Å². The first kappa shape index (κ1) is 12.3. The quantitative estimate of drug-likeness (QED) is 0.747. The molecular formula is C9H15NO4S. The summed E-state index contributed by atoms with van der Waals surface area (Å²) in [4.78, 5) is 23.8. The van der Waals surface area contributed by atoms with Gasteiger partial charge in [-0.3, -0.25) is 4.79 Å². The molecule has 6 heteroatoms. The molecule has 5 nitrogen and oxygen atoms in total. The van der Waals surface area contributed by atoms with Crippen molar-refractivity contribution in [1.82, 2.24) is 4.90 Å². The SMILES string of the molecule is C[C@@H](CC(=O)N1CCOC1=O)SCCO. The Morgan fingerprint density at radius 3 is 3.00 bits per heavy atom. The van der Waals surface area contributed by atoms with Gasteiger partial charge in [-0.1, -0.05) is 6.92 Å². The van der Waals surface area contributed by atoms with Gasteiger partial charge in [0.1, 0.15) is 6.61 Å². The van der Waals surface area contributed by atoms with Gasteiger partial charge in [0.15, 0.2) is 0 Å². The van der Waals surface area contributed by atoms with E-state index in [1.54, 1.807) is 0 Å². The molecule has 1 saturated heterocycles.